The molecule has 1 amide bonds. The molecule has 0 radical (unpaired) electrons. The third-order valence-electron chi connectivity index (χ3n) is 2.56. The minimum Gasteiger partial charge on any atom is -0.477 e. The predicted molar refractivity (Wildman–Crippen MR) is 71.9 cm³/mol. The van der Waals surface area contributed by atoms with Gasteiger partial charge in [-0.25, -0.2) is 4.98 Å². The summed E-state index contributed by atoms with van der Waals surface area (Å²) in [5, 5.41) is 0. The molecule has 1 aromatic heterocycles. The van der Waals surface area contributed by atoms with E-state index in [0.717, 1.165) is 25.9 Å². The van der Waals surface area contributed by atoms with Crippen LogP contribution in [0.1, 0.15) is 44.0 Å². The Hall–Kier alpha value is -1.58. The molecule has 0 unspecified atom stereocenters. The van der Waals surface area contributed by atoms with Gasteiger partial charge in [-0.1, -0.05) is 13.8 Å². The quantitative estimate of drug-likeness (QED) is 0.747. The molecule has 100 valence electrons. The van der Waals surface area contributed by atoms with Crippen molar-refractivity contribution in [1.29, 1.82) is 0 Å². The van der Waals surface area contributed by atoms with Crippen molar-refractivity contribution in [2.45, 2.75) is 33.6 Å². The molecule has 4 heteroatoms. The Bertz CT molecular complexity index is 374. The van der Waals surface area contributed by atoms with E-state index >= 15 is 0 Å². The molecule has 0 atom stereocenters. The number of hydrogen-bond acceptors (Lipinski definition) is 3. The van der Waals surface area contributed by atoms with E-state index in [1.54, 1.807) is 18.3 Å². The number of pyridine rings is 1. The van der Waals surface area contributed by atoms with Crippen molar-refractivity contribution >= 4 is 5.91 Å². The molecule has 0 saturated carbocycles. The fourth-order valence-electron chi connectivity index (χ4n) is 1.83. The van der Waals surface area contributed by atoms with Crippen LogP contribution in [0.5, 0.6) is 5.88 Å². The number of carbonyl (C=O) groups excluding carboxylic acids is 1. The zero-order valence-corrected chi connectivity index (χ0v) is 11.5. The summed E-state index contributed by atoms with van der Waals surface area (Å²) in [6, 6.07) is 3.55. The first-order chi connectivity index (χ1) is 8.74. The highest BCUT2D eigenvalue weighted by molar-refractivity contribution is 5.96. The fourth-order valence-corrected chi connectivity index (χ4v) is 1.83. The van der Waals surface area contributed by atoms with Crippen LogP contribution in [0.3, 0.4) is 0 Å². The van der Waals surface area contributed by atoms with Crippen LogP contribution in [0.2, 0.25) is 0 Å². The first kappa shape index (κ1) is 14.5. The van der Waals surface area contributed by atoms with E-state index in [-0.39, 0.29) is 5.91 Å². The molecule has 0 bridgehead atoms. The molecular weight excluding hydrogens is 228 g/mol. The topological polar surface area (TPSA) is 42.4 Å². The molecule has 1 heterocycles. The van der Waals surface area contributed by atoms with Crippen LogP contribution in [-0.4, -0.2) is 35.5 Å². The van der Waals surface area contributed by atoms with Gasteiger partial charge in [-0.2, -0.15) is 0 Å². The molecule has 0 spiro atoms. The number of ether oxygens (including phenoxy) is 1. The van der Waals surface area contributed by atoms with E-state index in [9.17, 15) is 4.79 Å². The van der Waals surface area contributed by atoms with Crippen molar-refractivity contribution < 1.29 is 9.53 Å². The molecule has 0 aliphatic carbocycles. The largest absolute Gasteiger partial charge is 0.477 e. The molecule has 1 aromatic rings. The Morgan fingerprint density at radius 3 is 2.50 bits per heavy atom. The number of nitrogens with zero attached hydrogens (tertiary/aromatic N) is 2. The second-order valence-corrected chi connectivity index (χ2v) is 4.08. The predicted octanol–water partition coefficient (Wildman–Crippen LogP) is 2.74. The van der Waals surface area contributed by atoms with Crippen LogP contribution in [0.4, 0.5) is 0 Å². The summed E-state index contributed by atoms with van der Waals surface area (Å²) < 4.78 is 5.41. The number of rotatable bonds is 7. The lowest BCUT2D eigenvalue weighted by Crippen LogP contribution is -2.32. The van der Waals surface area contributed by atoms with E-state index in [4.69, 9.17) is 4.74 Å². The van der Waals surface area contributed by atoms with Gasteiger partial charge in [0.25, 0.3) is 5.91 Å². The lowest BCUT2D eigenvalue weighted by molar-refractivity contribution is 0.0750. The Morgan fingerprint density at radius 2 is 1.94 bits per heavy atom. The fraction of sp³-hybridized carbons (Fsp3) is 0.571. The van der Waals surface area contributed by atoms with E-state index < -0.39 is 0 Å². The van der Waals surface area contributed by atoms with Gasteiger partial charge in [0.15, 0.2) is 0 Å². The van der Waals surface area contributed by atoms with Crippen LogP contribution in [0, 0.1) is 0 Å². The van der Waals surface area contributed by atoms with Crippen LogP contribution in [-0.2, 0) is 0 Å². The molecule has 4 nitrogen and oxygen atoms in total. The van der Waals surface area contributed by atoms with Gasteiger partial charge in [-0.05, 0) is 31.9 Å². The Morgan fingerprint density at radius 1 is 1.28 bits per heavy atom. The minimum absolute atomic E-state index is 0.00949. The molecule has 0 aromatic carbocycles. The number of aromatic nitrogens is 1. The lowest BCUT2D eigenvalue weighted by Gasteiger charge is -2.22. The van der Waals surface area contributed by atoms with Gasteiger partial charge in [0.05, 0.1) is 6.61 Å². The monoisotopic (exact) mass is 250 g/mol. The first-order valence-electron chi connectivity index (χ1n) is 6.61. The summed E-state index contributed by atoms with van der Waals surface area (Å²) in [5.74, 6) is 0.442. The van der Waals surface area contributed by atoms with Gasteiger partial charge >= 0.3 is 0 Å². The van der Waals surface area contributed by atoms with Crippen LogP contribution < -0.4 is 4.74 Å². The Balaban J connectivity index is 2.92. The van der Waals surface area contributed by atoms with Crippen molar-refractivity contribution in [2.75, 3.05) is 19.7 Å². The smallest absolute Gasteiger partial charge is 0.259 e. The number of hydrogen-bond donors (Lipinski definition) is 0. The van der Waals surface area contributed by atoms with Crippen molar-refractivity contribution in [1.82, 2.24) is 9.88 Å². The van der Waals surface area contributed by atoms with Gasteiger partial charge in [0, 0.05) is 19.3 Å². The average molecular weight is 250 g/mol. The first-order valence-corrected chi connectivity index (χ1v) is 6.61. The molecule has 0 N–H and O–H groups in total. The molecule has 1 rings (SSSR count). The van der Waals surface area contributed by atoms with Crippen LogP contribution >= 0.6 is 0 Å². The normalized spacial score (nSPS) is 10.2. The van der Waals surface area contributed by atoms with Gasteiger partial charge in [-0.3, -0.25) is 4.79 Å². The third kappa shape index (κ3) is 3.72. The molecule has 0 aliphatic heterocycles. The van der Waals surface area contributed by atoms with Gasteiger partial charge < -0.3 is 9.64 Å². The summed E-state index contributed by atoms with van der Waals surface area (Å²) in [6.45, 7) is 8.09. The third-order valence-corrected chi connectivity index (χ3v) is 2.56. The van der Waals surface area contributed by atoms with E-state index in [0.29, 0.717) is 18.1 Å². The minimum atomic E-state index is 0.00949. The van der Waals surface area contributed by atoms with Crippen molar-refractivity contribution in [2.24, 2.45) is 0 Å². The summed E-state index contributed by atoms with van der Waals surface area (Å²) in [5.41, 5.74) is 0.557. The van der Waals surface area contributed by atoms with Gasteiger partial charge in [-0.15, -0.1) is 0 Å². The second-order valence-electron chi connectivity index (χ2n) is 4.08. The number of amides is 1. The lowest BCUT2D eigenvalue weighted by atomic mass is 10.2. The Kier molecular flexibility index (Phi) is 6.19. The van der Waals surface area contributed by atoms with Crippen LogP contribution in [0.15, 0.2) is 18.3 Å². The standard InChI is InChI=1S/C14H22N2O2/c1-4-10-16(11-5-2)14(17)12-8-7-9-15-13(12)18-6-3/h7-9H,4-6,10-11H2,1-3H3. The molecule has 18 heavy (non-hydrogen) atoms. The van der Waals surface area contributed by atoms with E-state index in [1.807, 2.05) is 11.8 Å². The molecule has 0 aliphatic rings. The van der Waals surface area contributed by atoms with Crippen molar-refractivity contribution in [3.05, 3.63) is 23.9 Å². The van der Waals surface area contributed by atoms with E-state index in [2.05, 4.69) is 18.8 Å². The van der Waals surface area contributed by atoms with E-state index in [1.165, 1.54) is 0 Å². The second kappa shape index (κ2) is 7.69. The van der Waals surface area contributed by atoms with Crippen molar-refractivity contribution in [3.8, 4) is 5.88 Å². The highest BCUT2D eigenvalue weighted by Gasteiger charge is 2.18. The maximum Gasteiger partial charge on any atom is 0.259 e. The molecular formula is C14H22N2O2. The van der Waals surface area contributed by atoms with Gasteiger partial charge in [0.1, 0.15) is 5.56 Å². The average Bonchev–Trinajstić information content (AvgIpc) is 2.39. The molecule has 0 fully saturated rings. The Labute approximate surface area is 109 Å². The van der Waals surface area contributed by atoms with Crippen molar-refractivity contribution in [3.63, 3.8) is 0 Å². The maximum absolute atomic E-state index is 12.4. The van der Waals surface area contributed by atoms with Crippen LogP contribution in [0.25, 0.3) is 0 Å². The highest BCUT2D eigenvalue weighted by Crippen LogP contribution is 2.17. The maximum atomic E-state index is 12.4. The molecule has 0 saturated heterocycles. The summed E-state index contributed by atoms with van der Waals surface area (Å²) in [7, 11) is 0. The zero-order valence-electron chi connectivity index (χ0n) is 11.5. The number of carbonyl (C=O) groups is 1. The SMILES string of the molecule is CCCN(CCC)C(=O)c1cccnc1OCC. The highest BCUT2D eigenvalue weighted by atomic mass is 16.5. The summed E-state index contributed by atoms with van der Waals surface area (Å²) in [4.78, 5) is 18.4. The van der Waals surface area contributed by atoms with Gasteiger partial charge in [0.2, 0.25) is 5.88 Å². The summed E-state index contributed by atoms with van der Waals surface area (Å²) >= 11 is 0. The summed E-state index contributed by atoms with van der Waals surface area (Å²) in [6.07, 6.45) is 3.55. The zero-order chi connectivity index (χ0) is 13.4.